The molecule has 0 spiro atoms. The van der Waals surface area contributed by atoms with Crippen LogP contribution >= 0.6 is 11.6 Å². The average molecular weight is 313 g/mol. The smallest absolute Gasteiger partial charge is 0.221 e. The predicted molar refractivity (Wildman–Crippen MR) is 87.5 cm³/mol. The van der Waals surface area contributed by atoms with Crippen LogP contribution in [0.25, 0.3) is 10.9 Å². The van der Waals surface area contributed by atoms with Gasteiger partial charge < -0.3 is 10.3 Å². The van der Waals surface area contributed by atoms with Crippen LogP contribution in [0.5, 0.6) is 0 Å². The number of ketones is 1. The number of benzene rings is 2. The van der Waals surface area contributed by atoms with Gasteiger partial charge >= 0.3 is 0 Å². The van der Waals surface area contributed by atoms with Crippen molar-refractivity contribution >= 4 is 39.9 Å². The molecule has 1 heterocycles. The van der Waals surface area contributed by atoms with Gasteiger partial charge in [0.15, 0.2) is 0 Å². The topological polar surface area (TPSA) is 62.0 Å². The maximum absolute atomic E-state index is 12.7. The Morgan fingerprint density at radius 3 is 2.50 bits per heavy atom. The summed E-state index contributed by atoms with van der Waals surface area (Å²) in [7, 11) is 0. The van der Waals surface area contributed by atoms with E-state index in [0.717, 1.165) is 5.39 Å². The van der Waals surface area contributed by atoms with Crippen LogP contribution in [0.4, 0.5) is 5.69 Å². The molecule has 110 valence electrons. The van der Waals surface area contributed by atoms with Crippen molar-refractivity contribution in [3.05, 3.63) is 64.8 Å². The first-order valence-corrected chi connectivity index (χ1v) is 7.12. The number of aromatic amines is 1. The SMILES string of the molecule is CC(=O)Nc1c(C(=O)c2ccccc2)[nH]c2cc(Cl)ccc12. The lowest BCUT2D eigenvalue weighted by Crippen LogP contribution is -2.11. The van der Waals surface area contributed by atoms with Gasteiger partial charge in [-0.25, -0.2) is 0 Å². The van der Waals surface area contributed by atoms with Crippen molar-refractivity contribution < 1.29 is 9.59 Å². The van der Waals surface area contributed by atoms with Gasteiger partial charge in [-0.2, -0.15) is 0 Å². The Bertz CT molecular complexity index is 869. The largest absolute Gasteiger partial charge is 0.350 e. The maximum Gasteiger partial charge on any atom is 0.221 e. The first kappa shape index (κ1) is 14.4. The summed E-state index contributed by atoms with van der Waals surface area (Å²) in [5, 5.41) is 4.04. The molecule has 0 fully saturated rings. The maximum atomic E-state index is 12.7. The molecule has 0 aliphatic heterocycles. The summed E-state index contributed by atoms with van der Waals surface area (Å²) in [4.78, 5) is 27.2. The summed E-state index contributed by atoms with van der Waals surface area (Å²) in [6.07, 6.45) is 0. The Labute approximate surface area is 132 Å². The fourth-order valence-corrected chi connectivity index (χ4v) is 2.55. The van der Waals surface area contributed by atoms with Gasteiger partial charge in [-0.15, -0.1) is 0 Å². The van der Waals surface area contributed by atoms with Gasteiger partial charge in [-0.1, -0.05) is 41.9 Å². The molecule has 1 amide bonds. The third-order valence-corrected chi connectivity index (χ3v) is 3.56. The molecule has 5 heteroatoms. The van der Waals surface area contributed by atoms with Crippen LogP contribution in [0, 0.1) is 0 Å². The molecule has 0 atom stereocenters. The van der Waals surface area contributed by atoms with Crippen LogP contribution in [-0.4, -0.2) is 16.7 Å². The number of amides is 1. The van der Waals surface area contributed by atoms with Crippen LogP contribution in [0.3, 0.4) is 0 Å². The number of halogens is 1. The first-order valence-electron chi connectivity index (χ1n) is 6.75. The van der Waals surface area contributed by atoms with Crippen molar-refractivity contribution in [2.24, 2.45) is 0 Å². The van der Waals surface area contributed by atoms with Gasteiger partial charge in [-0.05, 0) is 18.2 Å². The summed E-state index contributed by atoms with van der Waals surface area (Å²) < 4.78 is 0. The van der Waals surface area contributed by atoms with Crippen LogP contribution in [-0.2, 0) is 4.79 Å². The monoisotopic (exact) mass is 312 g/mol. The standard InChI is InChI=1S/C17H13ClN2O2/c1-10(21)19-15-13-8-7-12(18)9-14(13)20-16(15)17(22)11-5-3-2-4-6-11/h2-9,20H,1H3,(H,19,21). The van der Waals surface area contributed by atoms with Gasteiger partial charge in [0, 0.05) is 28.4 Å². The lowest BCUT2D eigenvalue weighted by Gasteiger charge is -2.05. The fraction of sp³-hybridized carbons (Fsp3) is 0.0588. The van der Waals surface area contributed by atoms with Crippen molar-refractivity contribution in [2.45, 2.75) is 6.92 Å². The van der Waals surface area contributed by atoms with E-state index in [0.29, 0.717) is 27.5 Å². The Kier molecular flexibility index (Phi) is 3.69. The van der Waals surface area contributed by atoms with Gasteiger partial charge in [0.25, 0.3) is 0 Å². The minimum absolute atomic E-state index is 0.184. The van der Waals surface area contributed by atoms with E-state index in [4.69, 9.17) is 11.6 Å². The molecular weight excluding hydrogens is 300 g/mol. The highest BCUT2D eigenvalue weighted by Crippen LogP contribution is 2.31. The molecule has 22 heavy (non-hydrogen) atoms. The van der Waals surface area contributed by atoms with E-state index < -0.39 is 0 Å². The lowest BCUT2D eigenvalue weighted by atomic mass is 10.1. The van der Waals surface area contributed by atoms with Crippen LogP contribution in [0.1, 0.15) is 23.0 Å². The molecule has 3 rings (SSSR count). The molecule has 1 aromatic heterocycles. The van der Waals surface area contributed by atoms with E-state index in [1.807, 2.05) is 6.07 Å². The number of nitrogens with one attached hydrogen (secondary N) is 2. The number of carbonyl (C=O) groups is 2. The van der Waals surface area contributed by atoms with Crippen molar-refractivity contribution in [3.63, 3.8) is 0 Å². The van der Waals surface area contributed by atoms with Crippen molar-refractivity contribution in [2.75, 3.05) is 5.32 Å². The number of carbonyl (C=O) groups excluding carboxylic acids is 2. The fourth-order valence-electron chi connectivity index (χ4n) is 2.38. The zero-order valence-corrected chi connectivity index (χ0v) is 12.6. The number of rotatable bonds is 3. The summed E-state index contributed by atoms with van der Waals surface area (Å²) in [5.74, 6) is -0.422. The molecule has 0 aliphatic carbocycles. The number of fused-ring (bicyclic) bond motifs is 1. The van der Waals surface area contributed by atoms with Crippen LogP contribution < -0.4 is 5.32 Å². The molecule has 0 aliphatic rings. The molecule has 0 saturated carbocycles. The number of hydrogen-bond acceptors (Lipinski definition) is 2. The quantitative estimate of drug-likeness (QED) is 0.718. The van der Waals surface area contributed by atoms with Crippen molar-refractivity contribution in [1.82, 2.24) is 4.98 Å². The van der Waals surface area contributed by atoms with Crippen LogP contribution in [0.15, 0.2) is 48.5 Å². The summed E-state index contributed by atoms with van der Waals surface area (Å²) in [5.41, 5.74) is 2.08. The number of anilines is 1. The number of aromatic nitrogens is 1. The van der Waals surface area contributed by atoms with Gasteiger partial charge in [-0.3, -0.25) is 9.59 Å². The highest BCUT2D eigenvalue weighted by atomic mass is 35.5. The highest BCUT2D eigenvalue weighted by Gasteiger charge is 2.20. The third-order valence-electron chi connectivity index (χ3n) is 3.32. The van der Waals surface area contributed by atoms with Crippen molar-refractivity contribution in [3.8, 4) is 0 Å². The molecule has 0 unspecified atom stereocenters. The zero-order chi connectivity index (χ0) is 15.7. The summed E-state index contributed by atoms with van der Waals surface area (Å²) in [6, 6.07) is 14.1. The minimum atomic E-state index is -0.238. The molecule has 2 N–H and O–H groups in total. The van der Waals surface area contributed by atoms with E-state index in [9.17, 15) is 9.59 Å². The molecule has 2 aromatic carbocycles. The molecule has 3 aromatic rings. The van der Waals surface area contributed by atoms with E-state index in [1.165, 1.54) is 6.92 Å². The zero-order valence-electron chi connectivity index (χ0n) is 11.8. The summed E-state index contributed by atoms with van der Waals surface area (Å²) >= 11 is 5.99. The summed E-state index contributed by atoms with van der Waals surface area (Å²) in [6.45, 7) is 1.41. The third kappa shape index (κ3) is 2.61. The second kappa shape index (κ2) is 5.66. The molecule has 4 nitrogen and oxygen atoms in total. The lowest BCUT2D eigenvalue weighted by molar-refractivity contribution is -0.114. The van der Waals surface area contributed by atoms with Crippen molar-refractivity contribution in [1.29, 1.82) is 0 Å². The van der Waals surface area contributed by atoms with Gasteiger partial charge in [0.2, 0.25) is 11.7 Å². The van der Waals surface area contributed by atoms with E-state index in [1.54, 1.807) is 42.5 Å². The molecule has 0 bridgehead atoms. The number of hydrogen-bond donors (Lipinski definition) is 2. The highest BCUT2D eigenvalue weighted by molar-refractivity contribution is 6.31. The van der Waals surface area contributed by atoms with Gasteiger partial charge in [0.1, 0.15) is 5.69 Å². The van der Waals surface area contributed by atoms with Crippen LogP contribution in [0.2, 0.25) is 5.02 Å². The second-order valence-corrected chi connectivity index (χ2v) is 5.38. The van der Waals surface area contributed by atoms with Gasteiger partial charge in [0.05, 0.1) is 5.69 Å². The molecular formula is C17H13ClN2O2. The second-order valence-electron chi connectivity index (χ2n) is 4.94. The molecule has 0 saturated heterocycles. The Balaban J connectivity index is 2.19. The Hall–Kier alpha value is -2.59. The van der Waals surface area contributed by atoms with E-state index >= 15 is 0 Å². The Morgan fingerprint density at radius 2 is 1.82 bits per heavy atom. The minimum Gasteiger partial charge on any atom is -0.350 e. The molecule has 0 radical (unpaired) electrons. The number of H-pyrrole nitrogens is 1. The predicted octanol–water partition coefficient (Wildman–Crippen LogP) is 4.01. The van der Waals surface area contributed by atoms with E-state index in [-0.39, 0.29) is 11.7 Å². The average Bonchev–Trinajstić information content (AvgIpc) is 2.84. The normalized spacial score (nSPS) is 10.6. The Morgan fingerprint density at radius 1 is 1.09 bits per heavy atom. The van der Waals surface area contributed by atoms with E-state index in [2.05, 4.69) is 10.3 Å². The first-order chi connectivity index (χ1) is 10.6.